The SMILES string of the molecule is CC1=NNC(=O)C1=C1C=C(c2ccc([N+](=O)[O-])cc2)c2ccccc2N1. The molecule has 7 heteroatoms. The Bertz CT molecular complexity index is 1030. The van der Waals surface area contributed by atoms with Crippen molar-refractivity contribution in [3.63, 3.8) is 0 Å². The van der Waals surface area contributed by atoms with Gasteiger partial charge in [-0.25, -0.2) is 5.43 Å². The number of nitrogens with zero attached hydrogens (tertiary/aromatic N) is 2. The van der Waals surface area contributed by atoms with Crippen LogP contribution in [0.5, 0.6) is 0 Å². The molecule has 0 radical (unpaired) electrons. The van der Waals surface area contributed by atoms with Gasteiger partial charge in [0.1, 0.15) is 0 Å². The highest BCUT2D eigenvalue weighted by molar-refractivity contribution is 6.25. The number of allylic oxidation sites excluding steroid dienone is 1. The Balaban J connectivity index is 1.89. The van der Waals surface area contributed by atoms with Gasteiger partial charge in [0.2, 0.25) is 0 Å². The lowest BCUT2D eigenvalue weighted by molar-refractivity contribution is -0.384. The van der Waals surface area contributed by atoms with Gasteiger partial charge in [0, 0.05) is 23.4 Å². The summed E-state index contributed by atoms with van der Waals surface area (Å²) in [4.78, 5) is 22.6. The van der Waals surface area contributed by atoms with E-state index in [2.05, 4.69) is 15.8 Å². The number of benzene rings is 2. The number of hydrogen-bond acceptors (Lipinski definition) is 5. The number of hydrogen-bond donors (Lipinski definition) is 2. The number of anilines is 1. The van der Waals surface area contributed by atoms with Gasteiger partial charge >= 0.3 is 0 Å². The van der Waals surface area contributed by atoms with E-state index in [1.165, 1.54) is 12.1 Å². The average molecular weight is 346 g/mol. The summed E-state index contributed by atoms with van der Waals surface area (Å²) in [7, 11) is 0. The molecule has 2 aliphatic heterocycles. The highest BCUT2D eigenvalue weighted by Crippen LogP contribution is 2.36. The van der Waals surface area contributed by atoms with Gasteiger partial charge in [-0.15, -0.1) is 0 Å². The van der Waals surface area contributed by atoms with Crippen molar-refractivity contribution in [2.75, 3.05) is 5.32 Å². The monoisotopic (exact) mass is 346 g/mol. The minimum Gasteiger partial charge on any atom is -0.354 e. The molecule has 1 amide bonds. The van der Waals surface area contributed by atoms with Crippen LogP contribution in [0.1, 0.15) is 18.1 Å². The fourth-order valence-corrected chi connectivity index (χ4v) is 3.09. The molecule has 26 heavy (non-hydrogen) atoms. The second kappa shape index (κ2) is 5.96. The quantitative estimate of drug-likeness (QED) is 0.496. The van der Waals surface area contributed by atoms with Crippen LogP contribution in [0.15, 0.2) is 71.0 Å². The molecule has 0 aliphatic carbocycles. The molecular weight excluding hydrogens is 332 g/mol. The molecule has 0 bridgehead atoms. The number of rotatable bonds is 2. The number of non-ortho nitro benzene ring substituents is 1. The lowest BCUT2D eigenvalue weighted by atomic mass is 9.91. The molecule has 0 aromatic heterocycles. The Labute approximate surface area is 148 Å². The van der Waals surface area contributed by atoms with E-state index in [1.54, 1.807) is 19.1 Å². The number of hydrazone groups is 1. The number of carbonyl (C=O) groups is 1. The molecule has 2 aliphatic rings. The Morgan fingerprint density at radius 3 is 2.46 bits per heavy atom. The molecule has 128 valence electrons. The molecule has 2 N–H and O–H groups in total. The van der Waals surface area contributed by atoms with Crippen molar-refractivity contribution < 1.29 is 9.72 Å². The third-order valence-electron chi connectivity index (χ3n) is 4.35. The van der Waals surface area contributed by atoms with Crippen LogP contribution in [0.2, 0.25) is 0 Å². The second-order valence-corrected chi connectivity index (χ2v) is 5.96. The molecule has 0 atom stereocenters. The number of nitro groups is 1. The van der Waals surface area contributed by atoms with Crippen LogP contribution in [-0.2, 0) is 4.79 Å². The Morgan fingerprint density at radius 2 is 1.81 bits per heavy atom. The zero-order valence-electron chi connectivity index (χ0n) is 13.8. The van der Waals surface area contributed by atoms with E-state index in [4.69, 9.17) is 0 Å². The van der Waals surface area contributed by atoms with Crippen LogP contribution in [0.3, 0.4) is 0 Å². The van der Waals surface area contributed by atoms with Crippen LogP contribution in [0, 0.1) is 10.1 Å². The largest absolute Gasteiger partial charge is 0.354 e. The Hall–Kier alpha value is -3.74. The third-order valence-corrected chi connectivity index (χ3v) is 4.35. The van der Waals surface area contributed by atoms with Crippen LogP contribution in [0.4, 0.5) is 11.4 Å². The zero-order chi connectivity index (χ0) is 18.3. The van der Waals surface area contributed by atoms with Gasteiger partial charge < -0.3 is 5.32 Å². The maximum Gasteiger partial charge on any atom is 0.275 e. The molecule has 7 nitrogen and oxygen atoms in total. The van der Waals surface area contributed by atoms with E-state index >= 15 is 0 Å². The first-order valence-corrected chi connectivity index (χ1v) is 7.97. The number of nitro benzene ring substituents is 1. The first kappa shape index (κ1) is 15.8. The number of fused-ring (bicyclic) bond motifs is 1. The van der Waals surface area contributed by atoms with Gasteiger partial charge in [0.25, 0.3) is 11.6 Å². The molecule has 0 saturated carbocycles. The fraction of sp³-hybridized carbons (Fsp3) is 0.0526. The summed E-state index contributed by atoms with van der Waals surface area (Å²) in [6, 6.07) is 14.1. The lowest BCUT2D eigenvalue weighted by Gasteiger charge is -2.22. The molecule has 0 spiro atoms. The van der Waals surface area contributed by atoms with E-state index in [1.807, 2.05) is 30.3 Å². The molecule has 2 aromatic carbocycles. The van der Waals surface area contributed by atoms with Crippen LogP contribution < -0.4 is 10.7 Å². The van der Waals surface area contributed by atoms with Gasteiger partial charge in [-0.1, -0.05) is 18.2 Å². The van der Waals surface area contributed by atoms with Crippen LogP contribution in [0.25, 0.3) is 5.57 Å². The van der Waals surface area contributed by atoms with Gasteiger partial charge in [-0.2, -0.15) is 5.10 Å². The normalized spacial score (nSPS) is 18.4. The summed E-state index contributed by atoms with van der Waals surface area (Å²) in [6.07, 6.45) is 1.88. The Morgan fingerprint density at radius 1 is 1.08 bits per heavy atom. The minimum atomic E-state index is -0.426. The van der Waals surface area contributed by atoms with Crippen molar-refractivity contribution in [2.45, 2.75) is 6.92 Å². The molecule has 0 unspecified atom stereocenters. The number of para-hydroxylation sites is 1. The van der Waals surface area contributed by atoms with E-state index in [0.717, 1.165) is 22.4 Å². The average Bonchev–Trinajstić information content (AvgIpc) is 2.99. The van der Waals surface area contributed by atoms with E-state index < -0.39 is 4.92 Å². The van der Waals surface area contributed by atoms with Crippen molar-refractivity contribution in [2.24, 2.45) is 5.10 Å². The number of amides is 1. The minimum absolute atomic E-state index is 0.0355. The number of carbonyl (C=O) groups excluding carboxylic acids is 1. The van der Waals surface area contributed by atoms with E-state index in [9.17, 15) is 14.9 Å². The summed E-state index contributed by atoms with van der Waals surface area (Å²) in [5, 5.41) is 18.2. The number of nitrogens with one attached hydrogen (secondary N) is 2. The first-order valence-electron chi connectivity index (χ1n) is 7.97. The van der Waals surface area contributed by atoms with Gasteiger partial charge in [0.05, 0.1) is 21.9 Å². The fourth-order valence-electron chi connectivity index (χ4n) is 3.09. The summed E-state index contributed by atoms with van der Waals surface area (Å²) in [5.41, 5.74) is 7.76. The molecular formula is C19H14N4O3. The molecule has 0 saturated heterocycles. The summed E-state index contributed by atoms with van der Waals surface area (Å²) < 4.78 is 0. The summed E-state index contributed by atoms with van der Waals surface area (Å²) in [5.74, 6) is -0.260. The smallest absolute Gasteiger partial charge is 0.275 e. The van der Waals surface area contributed by atoms with Crippen molar-refractivity contribution in [1.29, 1.82) is 0 Å². The van der Waals surface area contributed by atoms with Crippen molar-refractivity contribution in [3.8, 4) is 0 Å². The maximum atomic E-state index is 12.1. The maximum absolute atomic E-state index is 12.1. The predicted octanol–water partition coefficient (Wildman–Crippen LogP) is 3.21. The molecule has 4 rings (SSSR count). The van der Waals surface area contributed by atoms with Crippen molar-refractivity contribution in [1.82, 2.24) is 5.43 Å². The van der Waals surface area contributed by atoms with E-state index in [0.29, 0.717) is 17.0 Å². The molecule has 0 fully saturated rings. The summed E-state index contributed by atoms with van der Waals surface area (Å²) in [6.45, 7) is 1.77. The van der Waals surface area contributed by atoms with Crippen molar-refractivity contribution in [3.05, 3.63) is 87.1 Å². The van der Waals surface area contributed by atoms with Crippen LogP contribution >= 0.6 is 0 Å². The highest BCUT2D eigenvalue weighted by atomic mass is 16.6. The topological polar surface area (TPSA) is 96.6 Å². The molecule has 2 heterocycles. The van der Waals surface area contributed by atoms with Gasteiger partial charge in [0.15, 0.2) is 0 Å². The van der Waals surface area contributed by atoms with Crippen molar-refractivity contribution >= 4 is 28.6 Å². The van der Waals surface area contributed by atoms with Crippen LogP contribution in [-0.4, -0.2) is 16.5 Å². The van der Waals surface area contributed by atoms with E-state index in [-0.39, 0.29) is 11.6 Å². The Kier molecular flexibility index (Phi) is 3.62. The standard InChI is InChI=1S/C19H14N4O3/c1-11-18(19(24)22-21-11)17-10-15(14-4-2-3-5-16(14)20-17)12-6-8-13(9-7-12)23(25)26/h2-10,20H,1H3,(H,22,24). The molecule has 2 aromatic rings. The van der Waals surface area contributed by atoms with Gasteiger partial charge in [-0.3, -0.25) is 14.9 Å². The lowest BCUT2D eigenvalue weighted by Crippen LogP contribution is -2.19. The first-order chi connectivity index (χ1) is 12.5. The zero-order valence-corrected chi connectivity index (χ0v) is 13.8. The highest BCUT2D eigenvalue weighted by Gasteiger charge is 2.26. The summed E-state index contributed by atoms with van der Waals surface area (Å²) >= 11 is 0. The predicted molar refractivity (Wildman–Crippen MR) is 98.5 cm³/mol. The second-order valence-electron chi connectivity index (χ2n) is 5.96. The third kappa shape index (κ3) is 2.55. The van der Waals surface area contributed by atoms with Gasteiger partial charge in [-0.05, 0) is 42.3 Å².